The molecular weight excluding hydrogens is 523 g/mol. The smallest absolute Gasteiger partial charge is 0.416 e. The van der Waals surface area contributed by atoms with Crippen LogP contribution in [0.25, 0.3) is 0 Å². The maximum atomic E-state index is 13.2. The number of nitrogens with zero attached hydrogens (tertiary/aromatic N) is 4. The average molecular weight is 546 g/mol. The van der Waals surface area contributed by atoms with Crippen molar-refractivity contribution in [1.29, 1.82) is 0 Å². The lowest BCUT2D eigenvalue weighted by molar-refractivity contribution is -0.137. The van der Waals surface area contributed by atoms with E-state index in [1.807, 2.05) is 0 Å². The first-order chi connectivity index (χ1) is 17.0. The minimum Gasteiger partial charge on any atom is -0.442 e. The number of aromatic nitrogens is 1. The van der Waals surface area contributed by atoms with E-state index in [0.29, 0.717) is 12.2 Å². The highest BCUT2D eigenvalue weighted by Crippen LogP contribution is 2.34. The summed E-state index contributed by atoms with van der Waals surface area (Å²) in [5.41, 5.74) is -0.351. The van der Waals surface area contributed by atoms with Crippen LogP contribution in [-0.4, -0.2) is 75.2 Å². The first kappa shape index (κ1) is 25.1. The molecule has 1 aromatic heterocycles. The molecule has 14 heteroatoms. The Morgan fingerprint density at radius 2 is 1.78 bits per heavy atom. The first-order valence-corrected chi connectivity index (χ1v) is 13.2. The number of halogens is 4. The third-order valence-electron chi connectivity index (χ3n) is 6.60. The van der Waals surface area contributed by atoms with Crippen molar-refractivity contribution < 1.29 is 31.1 Å². The van der Waals surface area contributed by atoms with Gasteiger partial charge in [0, 0.05) is 38.4 Å². The molecular formula is C22H23ClF3N5O4S. The number of benzene rings is 1. The molecule has 1 aromatic carbocycles. The molecule has 1 N–H and O–H groups in total. The summed E-state index contributed by atoms with van der Waals surface area (Å²) in [6.07, 6.45) is -4.54. The Labute approximate surface area is 210 Å². The Bertz CT molecular complexity index is 1250. The van der Waals surface area contributed by atoms with Crippen LogP contribution in [0.4, 0.5) is 29.5 Å². The zero-order valence-corrected chi connectivity index (χ0v) is 20.5. The number of sulfonamides is 1. The summed E-state index contributed by atoms with van der Waals surface area (Å²) in [4.78, 5) is 19.6. The van der Waals surface area contributed by atoms with Crippen LogP contribution < -0.4 is 15.1 Å². The molecule has 194 valence electrons. The summed E-state index contributed by atoms with van der Waals surface area (Å²) in [6.45, 7) is 1.77. The molecule has 2 aromatic rings. The minimum absolute atomic E-state index is 0.0462. The van der Waals surface area contributed by atoms with Gasteiger partial charge in [-0.05, 0) is 49.4 Å². The third kappa shape index (κ3) is 4.72. The summed E-state index contributed by atoms with van der Waals surface area (Å²) in [6, 6.07) is 7.63. The van der Waals surface area contributed by atoms with Crippen LogP contribution >= 0.6 is 11.6 Å². The molecule has 3 aliphatic rings. The van der Waals surface area contributed by atoms with Gasteiger partial charge in [0.15, 0.2) is 0 Å². The summed E-state index contributed by atoms with van der Waals surface area (Å²) < 4.78 is 72.5. The summed E-state index contributed by atoms with van der Waals surface area (Å²) in [5, 5.41) is 2.90. The summed E-state index contributed by atoms with van der Waals surface area (Å²) >= 11 is 5.78. The van der Waals surface area contributed by atoms with Crippen molar-refractivity contribution in [3.8, 4) is 0 Å². The number of piperazine rings is 1. The van der Waals surface area contributed by atoms with E-state index >= 15 is 0 Å². The quantitative estimate of drug-likeness (QED) is 0.590. The fraction of sp³-hybridized carbons (Fsp3) is 0.455. The van der Waals surface area contributed by atoms with Crippen molar-refractivity contribution in [2.75, 3.05) is 49.1 Å². The molecule has 1 amide bonds. The molecule has 36 heavy (non-hydrogen) atoms. The highest BCUT2D eigenvalue weighted by molar-refractivity contribution is 7.89. The number of piperidine rings is 1. The van der Waals surface area contributed by atoms with Crippen molar-refractivity contribution >= 4 is 39.2 Å². The topological polar surface area (TPSA) is 95.1 Å². The van der Waals surface area contributed by atoms with E-state index < -0.39 is 27.9 Å². The minimum atomic E-state index is -4.57. The number of hydrogen-bond acceptors (Lipinski definition) is 7. The van der Waals surface area contributed by atoms with Crippen LogP contribution in [0, 0.1) is 0 Å². The molecule has 0 radical (unpaired) electrons. The molecule has 0 bridgehead atoms. The van der Waals surface area contributed by atoms with Gasteiger partial charge in [-0.3, -0.25) is 4.90 Å². The van der Waals surface area contributed by atoms with E-state index in [4.69, 9.17) is 16.3 Å². The molecule has 5 rings (SSSR count). The van der Waals surface area contributed by atoms with Gasteiger partial charge < -0.3 is 15.0 Å². The lowest BCUT2D eigenvalue weighted by atomic mass is 10.0. The van der Waals surface area contributed by atoms with E-state index in [0.717, 1.165) is 25.1 Å². The van der Waals surface area contributed by atoms with Gasteiger partial charge in [-0.1, -0.05) is 11.6 Å². The molecule has 0 spiro atoms. The molecule has 9 nitrogen and oxygen atoms in total. The molecule has 0 unspecified atom stereocenters. The van der Waals surface area contributed by atoms with Gasteiger partial charge in [0.05, 0.1) is 16.5 Å². The largest absolute Gasteiger partial charge is 0.442 e. The van der Waals surface area contributed by atoms with Crippen LogP contribution in [0.1, 0.15) is 12.0 Å². The zero-order chi connectivity index (χ0) is 25.7. The number of nitrogens with one attached hydrogen (secondary N) is 1. The number of amides is 1. The fourth-order valence-electron chi connectivity index (χ4n) is 4.74. The number of fused-ring (bicyclic) bond motifs is 1. The van der Waals surface area contributed by atoms with Crippen molar-refractivity contribution in [3.05, 3.63) is 47.1 Å². The first-order valence-electron chi connectivity index (χ1n) is 11.3. The van der Waals surface area contributed by atoms with Gasteiger partial charge in [-0.2, -0.15) is 17.5 Å². The van der Waals surface area contributed by atoms with E-state index in [9.17, 15) is 26.4 Å². The SMILES string of the molecule is O=C1O[C@@H]2CNCC[C@@H]2N1c1ccc(S(=O)(=O)N2CCN(c3cc(C(F)(F)F)cc(Cl)n3)CC2)cc1. The predicted octanol–water partition coefficient (Wildman–Crippen LogP) is 2.95. The fourth-order valence-corrected chi connectivity index (χ4v) is 6.37. The highest BCUT2D eigenvalue weighted by atomic mass is 35.5. The van der Waals surface area contributed by atoms with Crippen molar-refractivity contribution in [2.45, 2.75) is 29.6 Å². The summed E-state index contributed by atoms with van der Waals surface area (Å²) in [7, 11) is -3.85. The zero-order valence-electron chi connectivity index (χ0n) is 18.9. The van der Waals surface area contributed by atoms with Crippen molar-refractivity contribution in [3.63, 3.8) is 0 Å². The number of carbonyl (C=O) groups excluding carboxylic acids is 1. The number of alkyl halides is 3. The van der Waals surface area contributed by atoms with Gasteiger partial charge in [0.2, 0.25) is 10.0 Å². The molecule has 0 saturated carbocycles. The Morgan fingerprint density at radius 3 is 2.44 bits per heavy atom. The second-order valence-electron chi connectivity index (χ2n) is 8.77. The third-order valence-corrected chi connectivity index (χ3v) is 8.70. The van der Waals surface area contributed by atoms with Crippen LogP contribution in [0.5, 0.6) is 0 Å². The number of anilines is 2. The Morgan fingerprint density at radius 1 is 1.08 bits per heavy atom. The van der Waals surface area contributed by atoms with Crippen LogP contribution in [0.15, 0.2) is 41.3 Å². The molecule has 0 aliphatic carbocycles. The predicted molar refractivity (Wildman–Crippen MR) is 126 cm³/mol. The van der Waals surface area contributed by atoms with E-state index in [1.54, 1.807) is 21.9 Å². The average Bonchev–Trinajstić information content (AvgIpc) is 3.19. The maximum absolute atomic E-state index is 13.2. The number of rotatable bonds is 4. The number of ether oxygens (including phenoxy) is 1. The van der Waals surface area contributed by atoms with E-state index in [-0.39, 0.29) is 54.2 Å². The standard InChI is InChI=1S/C22H23ClF3N5O4S/c23-19-11-14(22(24,25)26)12-20(28-19)29-7-9-30(10-8-29)36(33,34)16-3-1-15(2-4-16)31-17-5-6-27-13-18(17)35-21(31)32/h1-4,11-12,17-18,27H,5-10,13H2/t17-,18+/m0/s1. The van der Waals surface area contributed by atoms with Gasteiger partial charge in [-0.15, -0.1) is 0 Å². The van der Waals surface area contributed by atoms with E-state index in [2.05, 4.69) is 10.3 Å². The van der Waals surface area contributed by atoms with E-state index in [1.165, 1.54) is 16.4 Å². The lowest BCUT2D eigenvalue weighted by Crippen LogP contribution is -2.49. The Balaban J connectivity index is 1.28. The maximum Gasteiger partial charge on any atom is 0.416 e. The number of carbonyl (C=O) groups is 1. The number of pyridine rings is 1. The molecule has 4 heterocycles. The summed E-state index contributed by atoms with van der Waals surface area (Å²) in [5.74, 6) is 0.0462. The Hall–Kier alpha value is -2.61. The van der Waals surface area contributed by atoms with Gasteiger partial charge in [0.25, 0.3) is 0 Å². The van der Waals surface area contributed by atoms with Gasteiger partial charge in [0.1, 0.15) is 17.1 Å². The normalized spacial score (nSPS) is 23.5. The molecule has 3 fully saturated rings. The number of hydrogen-bond donors (Lipinski definition) is 1. The van der Waals surface area contributed by atoms with Gasteiger partial charge in [-0.25, -0.2) is 18.2 Å². The Kier molecular flexibility index (Phi) is 6.52. The molecule has 2 atom stereocenters. The highest BCUT2D eigenvalue weighted by Gasteiger charge is 2.44. The second-order valence-corrected chi connectivity index (χ2v) is 11.1. The monoisotopic (exact) mass is 545 g/mol. The van der Waals surface area contributed by atoms with Gasteiger partial charge >= 0.3 is 12.3 Å². The van der Waals surface area contributed by atoms with Crippen LogP contribution in [0.2, 0.25) is 5.15 Å². The lowest BCUT2D eigenvalue weighted by Gasteiger charge is -2.35. The van der Waals surface area contributed by atoms with Crippen LogP contribution in [0.3, 0.4) is 0 Å². The molecule has 3 aliphatic heterocycles. The van der Waals surface area contributed by atoms with Crippen molar-refractivity contribution in [2.24, 2.45) is 0 Å². The molecule has 3 saturated heterocycles. The van der Waals surface area contributed by atoms with Crippen molar-refractivity contribution in [1.82, 2.24) is 14.6 Å². The van der Waals surface area contributed by atoms with Crippen LogP contribution in [-0.2, 0) is 20.9 Å². The second kappa shape index (κ2) is 9.36.